The third-order valence-corrected chi connectivity index (χ3v) is 3.89. The molecule has 7 heteroatoms. The number of hydrogen-bond acceptors (Lipinski definition) is 5. The van der Waals surface area contributed by atoms with Crippen LogP contribution in [-0.4, -0.2) is 47.1 Å². The maximum absolute atomic E-state index is 12.2. The Hall–Kier alpha value is -2.02. The van der Waals surface area contributed by atoms with Crippen LogP contribution < -0.4 is 5.32 Å². The molecule has 1 aliphatic rings. The number of amides is 1. The number of ether oxygens (including phenoxy) is 1. The van der Waals surface area contributed by atoms with Gasteiger partial charge in [0.15, 0.2) is 0 Å². The van der Waals surface area contributed by atoms with Crippen LogP contribution in [0.15, 0.2) is 36.8 Å². The molecule has 1 saturated heterocycles. The summed E-state index contributed by atoms with van der Waals surface area (Å²) in [7, 11) is 0. The topological polar surface area (TPSA) is 67.4 Å². The van der Waals surface area contributed by atoms with Crippen LogP contribution in [0, 0.1) is 0 Å². The molecule has 0 unspecified atom stereocenters. The quantitative estimate of drug-likeness (QED) is 0.929. The van der Waals surface area contributed by atoms with Crippen molar-refractivity contribution in [1.82, 2.24) is 14.9 Å². The molecule has 1 aliphatic heterocycles. The van der Waals surface area contributed by atoms with Crippen LogP contribution in [0.4, 0.5) is 5.82 Å². The molecule has 2 aromatic heterocycles. The molecule has 1 N–H and O–H groups in total. The van der Waals surface area contributed by atoms with Gasteiger partial charge in [-0.2, -0.15) is 0 Å². The predicted octanol–water partition coefficient (Wildman–Crippen LogP) is 2.21. The van der Waals surface area contributed by atoms with Gasteiger partial charge in [0, 0.05) is 38.2 Å². The molecule has 0 spiro atoms. The van der Waals surface area contributed by atoms with E-state index in [9.17, 15) is 4.79 Å². The minimum Gasteiger partial charge on any atom is -0.379 e. The Labute approximate surface area is 139 Å². The first-order valence-corrected chi connectivity index (χ1v) is 7.76. The largest absolute Gasteiger partial charge is 0.379 e. The van der Waals surface area contributed by atoms with Crippen molar-refractivity contribution in [3.8, 4) is 0 Å². The van der Waals surface area contributed by atoms with Crippen molar-refractivity contribution in [2.24, 2.45) is 0 Å². The molecule has 3 rings (SSSR count). The third kappa shape index (κ3) is 4.25. The molecule has 120 valence electrons. The van der Waals surface area contributed by atoms with Crippen molar-refractivity contribution in [2.45, 2.75) is 6.54 Å². The standard InChI is InChI=1S/C16H17ClN4O2/c17-14-10-18-4-3-13(14)16(22)20-15-2-1-12(9-19-15)11-21-5-7-23-8-6-21/h1-4,9-10H,5-8,11H2,(H,19,20,22). The van der Waals surface area contributed by atoms with Crippen LogP contribution in [0.2, 0.25) is 5.02 Å². The number of carbonyl (C=O) groups is 1. The summed E-state index contributed by atoms with van der Waals surface area (Å²) in [4.78, 5) is 22.6. The van der Waals surface area contributed by atoms with Gasteiger partial charge in [-0.3, -0.25) is 14.7 Å². The first-order valence-electron chi connectivity index (χ1n) is 7.38. The predicted molar refractivity (Wildman–Crippen MR) is 87.5 cm³/mol. The first-order chi connectivity index (χ1) is 11.2. The lowest BCUT2D eigenvalue weighted by atomic mass is 10.2. The molecular formula is C16H17ClN4O2. The van der Waals surface area contributed by atoms with E-state index in [1.54, 1.807) is 18.3 Å². The number of hydrogen-bond donors (Lipinski definition) is 1. The maximum Gasteiger partial charge on any atom is 0.258 e. The summed E-state index contributed by atoms with van der Waals surface area (Å²) in [6.07, 6.45) is 4.74. The molecule has 1 amide bonds. The highest BCUT2D eigenvalue weighted by Gasteiger charge is 2.12. The summed E-state index contributed by atoms with van der Waals surface area (Å²) in [6.45, 7) is 4.24. The van der Waals surface area contributed by atoms with Crippen molar-refractivity contribution in [3.63, 3.8) is 0 Å². The van der Waals surface area contributed by atoms with Crippen LogP contribution in [0.5, 0.6) is 0 Å². The van der Waals surface area contributed by atoms with E-state index in [0.29, 0.717) is 16.4 Å². The molecular weight excluding hydrogens is 316 g/mol. The first kappa shape index (κ1) is 15.9. The zero-order valence-corrected chi connectivity index (χ0v) is 13.3. The lowest BCUT2D eigenvalue weighted by Crippen LogP contribution is -2.35. The van der Waals surface area contributed by atoms with Crippen LogP contribution in [0.3, 0.4) is 0 Å². The number of anilines is 1. The van der Waals surface area contributed by atoms with Gasteiger partial charge in [0.05, 0.1) is 23.8 Å². The van der Waals surface area contributed by atoms with Crippen LogP contribution >= 0.6 is 11.6 Å². The number of carbonyl (C=O) groups excluding carboxylic acids is 1. The van der Waals surface area contributed by atoms with Crippen molar-refractivity contribution < 1.29 is 9.53 Å². The summed E-state index contributed by atoms with van der Waals surface area (Å²) in [5, 5.41) is 3.05. The number of morpholine rings is 1. The molecule has 6 nitrogen and oxygen atoms in total. The second-order valence-electron chi connectivity index (χ2n) is 5.25. The average molecular weight is 333 g/mol. The fourth-order valence-corrected chi connectivity index (χ4v) is 2.56. The Morgan fingerprint density at radius 1 is 1.26 bits per heavy atom. The molecule has 0 aliphatic carbocycles. The number of pyridine rings is 2. The van der Waals surface area contributed by atoms with E-state index in [1.807, 2.05) is 6.07 Å². The Kier molecular flexibility index (Phi) is 5.17. The molecule has 0 atom stereocenters. The Morgan fingerprint density at radius 3 is 2.78 bits per heavy atom. The number of nitrogens with zero attached hydrogens (tertiary/aromatic N) is 3. The Balaban J connectivity index is 1.61. The van der Waals surface area contributed by atoms with E-state index in [-0.39, 0.29) is 5.91 Å². The molecule has 23 heavy (non-hydrogen) atoms. The smallest absolute Gasteiger partial charge is 0.258 e. The van der Waals surface area contributed by atoms with Crippen LogP contribution in [0.1, 0.15) is 15.9 Å². The number of nitrogens with one attached hydrogen (secondary N) is 1. The van der Waals surface area contributed by atoms with Crippen LogP contribution in [0.25, 0.3) is 0 Å². The second kappa shape index (κ2) is 7.50. The summed E-state index contributed by atoms with van der Waals surface area (Å²) in [6, 6.07) is 5.33. The lowest BCUT2D eigenvalue weighted by Gasteiger charge is -2.26. The second-order valence-corrected chi connectivity index (χ2v) is 5.66. The van der Waals surface area contributed by atoms with E-state index >= 15 is 0 Å². The fourth-order valence-electron chi connectivity index (χ4n) is 2.35. The monoisotopic (exact) mass is 332 g/mol. The summed E-state index contributed by atoms with van der Waals surface area (Å²) < 4.78 is 5.33. The Bertz CT molecular complexity index is 672. The summed E-state index contributed by atoms with van der Waals surface area (Å²) >= 11 is 5.96. The van der Waals surface area contributed by atoms with E-state index in [0.717, 1.165) is 38.4 Å². The van der Waals surface area contributed by atoms with Crippen molar-refractivity contribution in [2.75, 3.05) is 31.6 Å². The highest BCUT2D eigenvalue weighted by atomic mass is 35.5. The Morgan fingerprint density at radius 2 is 2.09 bits per heavy atom. The van der Waals surface area contributed by atoms with Gasteiger partial charge in [0.2, 0.25) is 0 Å². The molecule has 1 fully saturated rings. The third-order valence-electron chi connectivity index (χ3n) is 3.59. The van der Waals surface area contributed by atoms with E-state index in [4.69, 9.17) is 16.3 Å². The molecule has 0 radical (unpaired) electrons. The van der Waals surface area contributed by atoms with Gasteiger partial charge in [-0.05, 0) is 17.7 Å². The van der Waals surface area contributed by atoms with Crippen LogP contribution in [-0.2, 0) is 11.3 Å². The van der Waals surface area contributed by atoms with Gasteiger partial charge in [0.1, 0.15) is 5.82 Å². The van der Waals surface area contributed by atoms with Gasteiger partial charge < -0.3 is 10.1 Å². The van der Waals surface area contributed by atoms with Gasteiger partial charge >= 0.3 is 0 Å². The average Bonchev–Trinajstić information content (AvgIpc) is 2.58. The van der Waals surface area contributed by atoms with Crippen molar-refractivity contribution in [3.05, 3.63) is 52.9 Å². The van der Waals surface area contributed by atoms with E-state index in [1.165, 1.54) is 12.4 Å². The summed E-state index contributed by atoms with van der Waals surface area (Å²) in [5.74, 6) is 0.194. The molecule has 0 aromatic carbocycles. The highest BCUT2D eigenvalue weighted by molar-refractivity contribution is 6.34. The zero-order chi connectivity index (χ0) is 16.1. The summed E-state index contributed by atoms with van der Waals surface area (Å²) in [5.41, 5.74) is 1.48. The lowest BCUT2D eigenvalue weighted by molar-refractivity contribution is 0.0341. The number of halogens is 1. The zero-order valence-electron chi connectivity index (χ0n) is 12.5. The molecule has 0 bridgehead atoms. The molecule has 2 aromatic rings. The normalized spacial score (nSPS) is 15.3. The van der Waals surface area contributed by atoms with E-state index < -0.39 is 0 Å². The fraction of sp³-hybridized carbons (Fsp3) is 0.312. The van der Waals surface area contributed by atoms with Gasteiger partial charge in [-0.15, -0.1) is 0 Å². The van der Waals surface area contributed by atoms with Crippen molar-refractivity contribution >= 4 is 23.3 Å². The van der Waals surface area contributed by atoms with Gasteiger partial charge in [-0.25, -0.2) is 4.98 Å². The highest BCUT2D eigenvalue weighted by Crippen LogP contribution is 2.15. The minimum atomic E-state index is -0.300. The SMILES string of the molecule is O=C(Nc1ccc(CN2CCOCC2)cn1)c1ccncc1Cl. The van der Waals surface area contributed by atoms with Gasteiger partial charge in [-0.1, -0.05) is 17.7 Å². The number of rotatable bonds is 4. The molecule has 0 saturated carbocycles. The maximum atomic E-state index is 12.2. The van der Waals surface area contributed by atoms with E-state index in [2.05, 4.69) is 20.2 Å². The number of aromatic nitrogens is 2. The minimum absolute atomic E-state index is 0.300. The van der Waals surface area contributed by atoms with Crippen molar-refractivity contribution in [1.29, 1.82) is 0 Å². The van der Waals surface area contributed by atoms with Gasteiger partial charge in [0.25, 0.3) is 5.91 Å². The molecule has 3 heterocycles.